The van der Waals surface area contributed by atoms with Crippen LogP contribution in [0.3, 0.4) is 0 Å². The Labute approximate surface area is 183 Å². The lowest BCUT2D eigenvalue weighted by atomic mass is 9.73. The number of carbonyl (C=O) groups is 1. The lowest BCUT2D eigenvalue weighted by Gasteiger charge is -2.34. The summed E-state index contributed by atoms with van der Waals surface area (Å²) >= 11 is 1.78. The van der Waals surface area contributed by atoms with Gasteiger partial charge in [-0.1, -0.05) is 13.8 Å². The Bertz CT molecular complexity index is 933. The van der Waals surface area contributed by atoms with Gasteiger partial charge in [0.2, 0.25) is 0 Å². The molecule has 5 rings (SSSR count). The predicted octanol–water partition coefficient (Wildman–Crippen LogP) is 5.47. The van der Waals surface area contributed by atoms with E-state index in [9.17, 15) is 4.79 Å². The largest absolute Gasteiger partial charge is 0.381 e. The Morgan fingerprint density at radius 2 is 1.73 bits per heavy atom. The maximum atomic E-state index is 13.8. The Morgan fingerprint density at radius 1 is 1.07 bits per heavy atom. The average molecular weight is 428 g/mol. The molecule has 3 fully saturated rings. The van der Waals surface area contributed by atoms with Crippen molar-refractivity contribution in [2.75, 3.05) is 13.2 Å². The molecular formula is C24H33N3O2S. The van der Waals surface area contributed by atoms with E-state index in [-0.39, 0.29) is 11.9 Å². The van der Waals surface area contributed by atoms with Crippen LogP contribution in [0.25, 0.3) is 10.2 Å². The van der Waals surface area contributed by atoms with Crippen molar-refractivity contribution in [2.24, 2.45) is 5.41 Å². The third-order valence-corrected chi connectivity index (χ3v) is 8.42. The van der Waals surface area contributed by atoms with Gasteiger partial charge in [0.25, 0.3) is 5.91 Å². The van der Waals surface area contributed by atoms with Crippen LogP contribution in [0.1, 0.15) is 92.3 Å². The number of ether oxygens (including phenoxy) is 1. The Kier molecular flexibility index (Phi) is 5.34. The minimum atomic E-state index is 0.106. The van der Waals surface area contributed by atoms with Gasteiger partial charge in [0.15, 0.2) is 0 Å². The molecule has 162 valence electrons. The molecule has 2 aromatic heterocycles. The van der Waals surface area contributed by atoms with Crippen LogP contribution in [0.5, 0.6) is 0 Å². The van der Waals surface area contributed by atoms with Gasteiger partial charge in [-0.15, -0.1) is 11.3 Å². The summed E-state index contributed by atoms with van der Waals surface area (Å²) in [7, 11) is 0. The van der Waals surface area contributed by atoms with E-state index in [1.165, 1.54) is 30.6 Å². The second-order valence-corrected chi connectivity index (χ2v) is 11.3. The predicted molar refractivity (Wildman–Crippen MR) is 120 cm³/mol. The van der Waals surface area contributed by atoms with Crippen molar-refractivity contribution >= 4 is 27.5 Å². The number of aryl methyl sites for hydroxylation is 1. The van der Waals surface area contributed by atoms with Crippen LogP contribution in [-0.2, 0) is 4.74 Å². The maximum Gasteiger partial charge on any atom is 0.273 e. The first kappa shape index (κ1) is 20.4. The SMILES string of the molecule is Cc1nc(C(=O)N(C2CCOCC2)C2CC2)c2cc(C3CCC(C)(C)CC3)sc2n1. The molecule has 0 bridgehead atoms. The van der Waals surface area contributed by atoms with Crippen molar-refractivity contribution in [3.63, 3.8) is 0 Å². The van der Waals surface area contributed by atoms with E-state index in [4.69, 9.17) is 9.72 Å². The molecule has 0 unspecified atom stereocenters. The minimum absolute atomic E-state index is 0.106. The number of aromatic nitrogens is 2. The second kappa shape index (κ2) is 7.86. The smallest absolute Gasteiger partial charge is 0.273 e. The van der Waals surface area contributed by atoms with Crippen LogP contribution in [0.15, 0.2) is 6.07 Å². The molecule has 0 aromatic carbocycles. The number of hydrogen-bond acceptors (Lipinski definition) is 5. The molecule has 3 aliphatic rings. The van der Waals surface area contributed by atoms with Crippen molar-refractivity contribution < 1.29 is 9.53 Å². The van der Waals surface area contributed by atoms with Crippen molar-refractivity contribution in [1.82, 2.24) is 14.9 Å². The molecule has 0 N–H and O–H groups in total. The Morgan fingerprint density at radius 3 is 2.40 bits per heavy atom. The van der Waals surface area contributed by atoms with E-state index in [1.54, 1.807) is 11.3 Å². The number of carbonyl (C=O) groups excluding carboxylic acids is 1. The van der Waals surface area contributed by atoms with Gasteiger partial charge in [0.1, 0.15) is 16.3 Å². The summed E-state index contributed by atoms with van der Waals surface area (Å²) in [6.45, 7) is 8.17. The summed E-state index contributed by atoms with van der Waals surface area (Å²) in [5.74, 6) is 1.40. The number of fused-ring (bicyclic) bond motifs is 1. The molecule has 6 heteroatoms. The average Bonchev–Trinajstić information content (AvgIpc) is 3.46. The number of thiophene rings is 1. The first-order chi connectivity index (χ1) is 14.4. The van der Waals surface area contributed by atoms with E-state index < -0.39 is 0 Å². The van der Waals surface area contributed by atoms with E-state index in [1.807, 2.05) is 6.92 Å². The van der Waals surface area contributed by atoms with Crippen molar-refractivity contribution in [3.8, 4) is 0 Å². The molecule has 1 amide bonds. The van der Waals surface area contributed by atoms with E-state index in [2.05, 4.69) is 29.8 Å². The van der Waals surface area contributed by atoms with Crippen LogP contribution in [0, 0.1) is 12.3 Å². The number of hydrogen-bond donors (Lipinski definition) is 0. The normalized spacial score (nSPS) is 23.0. The highest BCUT2D eigenvalue weighted by atomic mass is 32.1. The van der Waals surface area contributed by atoms with Gasteiger partial charge in [-0.05, 0) is 75.7 Å². The molecule has 5 nitrogen and oxygen atoms in total. The highest BCUT2D eigenvalue weighted by molar-refractivity contribution is 7.18. The third-order valence-electron chi connectivity index (χ3n) is 7.23. The standard InChI is InChI=1S/C24H33N3O2S/c1-15-25-21(23(28)27(17-4-5-17)18-8-12-29-13-9-18)19-14-20(30-22(19)26-15)16-6-10-24(2,3)11-7-16/h14,16-18H,4-13H2,1-3H3. The maximum absolute atomic E-state index is 13.8. The van der Waals surface area contributed by atoms with Crippen LogP contribution >= 0.6 is 11.3 Å². The Hall–Kier alpha value is -1.53. The molecule has 30 heavy (non-hydrogen) atoms. The van der Waals surface area contributed by atoms with Gasteiger partial charge < -0.3 is 9.64 Å². The van der Waals surface area contributed by atoms with E-state index in [0.29, 0.717) is 28.9 Å². The second-order valence-electron chi connectivity index (χ2n) is 10.2. The molecule has 2 aromatic rings. The fourth-order valence-electron chi connectivity index (χ4n) is 5.16. The van der Waals surface area contributed by atoms with Crippen LogP contribution < -0.4 is 0 Å². The van der Waals surface area contributed by atoms with Crippen LogP contribution in [0.2, 0.25) is 0 Å². The van der Waals surface area contributed by atoms with Gasteiger partial charge in [-0.3, -0.25) is 4.79 Å². The zero-order valence-electron chi connectivity index (χ0n) is 18.4. The van der Waals surface area contributed by atoms with Gasteiger partial charge in [0, 0.05) is 35.6 Å². The molecule has 3 heterocycles. The highest BCUT2D eigenvalue weighted by Crippen LogP contribution is 2.45. The quantitative estimate of drug-likeness (QED) is 0.649. The molecule has 0 spiro atoms. The summed E-state index contributed by atoms with van der Waals surface area (Å²) in [4.78, 5) is 27.7. The molecule has 1 aliphatic heterocycles. The highest BCUT2D eigenvalue weighted by Gasteiger charge is 2.39. The van der Waals surface area contributed by atoms with E-state index >= 15 is 0 Å². The van der Waals surface area contributed by atoms with Crippen molar-refractivity contribution in [3.05, 3.63) is 22.5 Å². The van der Waals surface area contributed by atoms with Crippen molar-refractivity contribution in [1.29, 1.82) is 0 Å². The van der Waals surface area contributed by atoms with E-state index in [0.717, 1.165) is 49.1 Å². The molecule has 0 atom stereocenters. The first-order valence-corrected chi connectivity index (χ1v) is 12.4. The Balaban J connectivity index is 1.47. The summed E-state index contributed by atoms with van der Waals surface area (Å²) in [6.07, 6.45) is 9.08. The van der Waals surface area contributed by atoms with Gasteiger partial charge >= 0.3 is 0 Å². The zero-order chi connectivity index (χ0) is 20.9. The summed E-state index contributed by atoms with van der Waals surface area (Å²) in [6, 6.07) is 2.90. The van der Waals surface area contributed by atoms with Crippen LogP contribution in [0.4, 0.5) is 0 Å². The topological polar surface area (TPSA) is 55.3 Å². The van der Waals surface area contributed by atoms with Crippen LogP contribution in [-0.4, -0.2) is 46.1 Å². The number of rotatable bonds is 4. The monoisotopic (exact) mass is 427 g/mol. The summed E-state index contributed by atoms with van der Waals surface area (Å²) in [5, 5.41) is 0.966. The van der Waals surface area contributed by atoms with Gasteiger partial charge in [-0.25, -0.2) is 9.97 Å². The molecule has 2 saturated carbocycles. The zero-order valence-corrected chi connectivity index (χ0v) is 19.3. The lowest BCUT2D eigenvalue weighted by molar-refractivity contribution is 0.0265. The third kappa shape index (κ3) is 4.01. The first-order valence-electron chi connectivity index (χ1n) is 11.6. The van der Waals surface area contributed by atoms with Gasteiger partial charge in [0.05, 0.1) is 0 Å². The number of nitrogens with zero attached hydrogens (tertiary/aromatic N) is 3. The number of amides is 1. The molecule has 0 radical (unpaired) electrons. The fraction of sp³-hybridized carbons (Fsp3) is 0.708. The molecule has 1 saturated heterocycles. The van der Waals surface area contributed by atoms with Gasteiger partial charge in [-0.2, -0.15) is 0 Å². The molecular weight excluding hydrogens is 394 g/mol. The minimum Gasteiger partial charge on any atom is -0.381 e. The summed E-state index contributed by atoms with van der Waals surface area (Å²) in [5.41, 5.74) is 1.08. The lowest BCUT2D eigenvalue weighted by Crippen LogP contribution is -2.45. The van der Waals surface area contributed by atoms with Crippen molar-refractivity contribution in [2.45, 2.75) is 90.1 Å². The fourth-order valence-corrected chi connectivity index (χ4v) is 6.41. The molecule has 2 aliphatic carbocycles. The summed E-state index contributed by atoms with van der Waals surface area (Å²) < 4.78 is 5.55.